The lowest BCUT2D eigenvalue weighted by atomic mass is 10.2. The highest BCUT2D eigenvalue weighted by molar-refractivity contribution is 5.93. The van der Waals surface area contributed by atoms with Gasteiger partial charge in [-0.15, -0.1) is 0 Å². The lowest BCUT2D eigenvalue weighted by Crippen LogP contribution is -2.17. The molecule has 2 N–H and O–H groups in total. The third-order valence-electron chi connectivity index (χ3n) is 3.25. The number of nitrogens with one attached hydrogen (secondary N) is 2. The average molecular weight is 284 g/mol. The molecule has 0 fully saturated rings. The number of benzene rings is 1. The van der Waals surface area contributed by atoms with E-state index in [0.29, 0.717) is 6.42 Å². The Kier molecular flexibility index (Phi) is 3.39. The summed E-state index contributed by atoms with van der Waals surface area (Å²) in [6.07, 6.45) is 3.41. The van der Waals surface area contributed by atoms with Crippen molar-refractivity contribution in [1.82, 2.24) is 24.7 Å². The highest BCUT2D eigenvalue weighted by Crippen LogP contribution is 2.18. The highest BCUT2D eigenvalue weighted by atomic mass is 16.1. The normalized spacial score (nSPS) is 12.5. The number of imidazole rings is 1. The van der Waals surface area contributed by atoms with Crippen LogP contribution in [0.1, 0.15) is 25.2 Å². The average Bonchev–Trinajstić information content (AvgIpc) is 3.05. The summed E-state index contributed by atoms with van der Waals surface area (Å²) < 4.78 is 1.67. The zero-order chi connectivity index (χ0) is 14.8. The zero-order valence-electron chi connectivity index (χ0n) is 11.9. The van der Waals surface area contributed by atoms with Crippen LogP contribution in [-0.2, 0) is 4.79 Å². The van der Waals surface area contributed by atoms with Crippen molar-refractivity contribution in [2.75, 3.05) is 5.32 Å². The second-order valence-electron chi connectivity index (χ2n) is 5.03. The number of anilines is 1. The number of H-pyrrole nitrogens is 1. The maximum Gasteiger partial charge on any atom is 0.226 e. The van der Waals surface area contributed by atoms with E-state index in [4.69, 9.17) is 0 Å². The van der Waals surface area contributed by atoms with Crippen LogP contribution < -0.4 is 5.32 Å². The minimum Gasteiger partial charge on any atom is -0.342 e. The molecule has 0 aliphatic rings. The van der Waals surface area contributed by atoms with Crippen molar-refractivity contribution in [3.05, 3.63) is 36.7 Å². The predicted octanol–water partition coefficient (Wildman–Crippen LogP) is 2.05. The molecular formula is C14H16N6O. The van der Waals surface area contributed by atoms with E-state index < -0.39 is 0 Å². The molecule has 0 bridgehead atoms. The number of rotatable bonds is 4. The number of aromatic amines is 1. The molecule has 0 unspecified atom stereocenters. The summed E-state index contributed by atoms with van der Waals surface area (Å²) in [5.74, 6) is 0.793. The summed E-state index contributed by atoms with van der Waals surface area (Å²) in [7, 11) is 0. The highest BCUT2D eigenvalue weighted by Gasteiger charge is 2.12. The molecule has 7 heteroatoms. The van der Waals surface area contributed by atoms with Crippen LogP contribution in [0.5, 0.6) is 0 Å². The Morgan fingerprint density at radius 3 is 3.10 bits per heavy atom. The molecule has 0 aliphatic carbocycles. The fourth-order valence-electron chi connectivity index (χ4n) is 2.23. The van der Waals surface area contributed by atoms with Gasteiger partial charge in [-0.1, -0.05) is 0 Å². The Morgan fingerprint density at radius 1 is 1.48 bits per heavy atom. The first-order chi connectivity index (χ1) is 10.1. The van der Waals surface area contributed by atoms with Crippen LogP contribution in [0.4, 0.5) is 5.69 Å². The van der Waals surface area contributed by atoms with E-state index in [-0.39, 0.29) is 11.9 Å². The largest absolute Gasteiger partial charge is 0.342 e. The van der Waals surface area contributed by atoms with E-state index in [1.54, 1.807) is 11.0 Å². The molecule has 3 aromatic rings. The Hall–Kier alpha value is -2.70. The van der Waals surface area contributed by atoms with Crippen molar-refractivity contribution in [2.24, 2.45) is 0 Å². The first-order valence-corrected chi connectivity index (χ1v) is 6.72. The Morgan fingerprint density at radius 2 is 2.33 bits per heavy atom. The van der Waals surface area contributed by atoms with Crippen molar-refractivity contribution in [1.29, 1.82) is 0 Å². The maximum absolute atomic E-state index is 12.1. The van der Waals surface area contributed by atoms with E-state index >= 15 is 0 Å². The topological polar surface area (TPSA) is 88.5 Å². The standard InChI is InChI=1S/C14H16N6O/c1-9(20-8-15-7-16-20)5-14(21)19-11-3-4-12-13(6-11)18-10(2)17-12/h3-4,6-9H,5H2,1-2H3,(H,17,18)(H,19,21)/t9-/m1/s1. The molecule has 0 radical (unpaired) electrons. The van der Waals surface area contributed by atoms with Gasteiger partial charge in [0.1, 0.15) is 18.5 Å². The Balaban J connectivity index is 1.68. The maximum atomic E-state index is 12.1. The van der Waals surface area contributed by atoms with Gasteiger partial charge in [0.15, 0.2) is 0 Å². The molecule has 0 aliphatic heterocycles. The van der Waals surface area contributed by atoms with Gasteiger partial charge < -0.3 is 10.3 Å². The number of fused-ring (bicyclic) bond motifs is 1. The van der Waals surface area contributed by atoms with Crippen molar-refractivity contribution >= 4 is 22.6 Å². The lowest BCUT2D eigenvalue weighted by molar-refractivity contribution is -0.116. The molecule has 1 atom stereocenters. The number of carbonyl (C=O) groups is 1. The van der Waals surface area contributed by atoms with Crippen LogP contribution in [0.15, 0.2) is 30.9 Å². The van der Waals surface area contributed by atoms with Gasteiger partial charge >= 0.3 is 0 Å². The molecule has 0 saturated heterocycles. The third kappa shape index (κ3) is 2.91. The smallest absolute Gasteiger partial charge is 0.226 e. The Labute approximate surface area is 121 Å². The predicted molar refractivity (Wildman–Crippen MR) is 78.8 cm³/mol. The van der Waals surface area contributed by atoms with E-state index in [2.05, 4.69) is 25.4 Å². The molecule has 2 heterocycles. The zero-order valence-corrected chi connectivity index (χ0v) is 11.9. The Bertz CT molecular complexity index is 761. The molecule has 7 nitrogen and oxygen atoms in total. The van der Waals surface area contributed by atoms with Crippen LogP contribution >= 0.6 is 0 Å². The summed E-state index contributed by atoms with van der Waals surface area (Å²) in [6, 6.07) is 5.58. The molecule has 0 saturated carbocycles. The second kappa shape index (κ2) is 5.35. The molecule has 21 heavy (non-hydrogen) atoms. The van der Waals surface area contributed by atoms with Gasteiger partial charge in [0, 0.05) is 12.1 Å². The number of amides is 1. The third-order valence-corrected chi connectivity index (χ3v) is 3.25. The molecule has 2 aromatic heterocycles. The number of hydrogen-bond donors (Lipinski definition) is 2. The van der Waals surface area contributed by atoms with Crippen LogP contribution in [-0.4, -0.2) is 30.6 Å². The van der Waals surface area contributed by atoms with Crippen LogP contribution in [0.25, 0.3) is 11.0 Å². The first kappa shape index (κ1) is 13.3. The van der Waals surface area contributed by atoms with Crippen molar-refractivity contribution in [3.8, 4) is 0 Å². The lowest BCUT2D eigenvalue weighted by Gasteiger charge is -2.11. The number of nitrogens with zero attached hydrogens (tertiary/aromatic N) is 4. The van der Waals surface area contributed by atoms with Gasteiger partial charge in [0.25, 0.3) is 0 Å². The summed E-state index contributed by atoms with van der Waals surface area (Å²) in [4.78, 5) is 23.4. The summed E-state index contributed by atoms with van der Waals surface area (Å²) in [5.41, 5.74) is 2.55. The van der Waals surface area contributed by atoms with E-state index in [1.807, 2.05) is 32.0 Å². The van der Waals surface area contributed by atoms with E-state index in [9.17, 15) is 4.79 Å². The molecule has 108 valence electrons. The van der Waals surface area contributed by atoms with Crippen LogP contribution in [0.3, 0.4) is 0 Å². The fraction of sp³-hybridized carbons (Fsp3) is 0.286. The van der Waals surface area contributed by atoms with Crippen molar-refractivity contribution < 1.29 is 4.79 Å². The van der Waals surface area contributed by atoms with Gasteiger partial charge in [0.2, 0.25) is 5.91 Å². The van der Waals surface area contributed by atoms with Crippen LogP contribution in [0.2, 0.25) is 0 Å². The van der Waals surface area contributed by atoms with Gasteiger partial charge in [0.05, 0.1) is 17.1 Å². The number of aromatic nitrogens is 5. The van der Waals surface area contributed by atoms with Gasteiger partial charge in [-0.2, -0.15) is 5.10 Å². The first-order valence-electron chi connectivity index (χ1n) is 6.72. The van der Waals surface area contributed by atoms with E-state index in [1.165, 1.54) is 6.33 Å². The minimum absolute atomic E-state index is 0.0365. The van der Waals surface area contributed by atoms with Gasteiger partial charge in [-0.3, -0.25) is 4.79 Å². The monoisotopic (exact) mass is 284 g/mol. The molecule has 1 aromatic carbocycles. The molecule has 0 spiro atoms. The SMILES string of the molecule is Cc1nc2ccc(NC(=O)C[C@@H](C)n3cncn3)cc2[nH]1. The molecule has 3 rings (SSSR count). The number of carbonyl (C=O) groups excluding carboxylic acids is 1. The van der Waals surface area contributed by atoms with Crippen LogP contribution in [0, 0.1) is 6.92 Å². The second-order valence-corrected chi connectivity index (χ2v) is 5.03. The quantitative estimate of drug-likeness (QED) is 0.767. The van der Waals surface area contributed by atoms with E-state index in [0.717, 1.165) is 22.5 Å². The van der Waals surface area contributed by atoms with Gasteiger partial charge in [-0.25, -0.2) is 14.6 Å². The molecular weight excluding hydrogens is 268 g/mol. The number of aryl methyl sites for hydroxylation is 1. The fourth-order valence-corrected chi connectivity index (χ4v) is 2.23. The van der Waals surface area contributed by atoms with Crippen molar-refractivity contribution in [3.63, 3.8) is 0 Å². The molecule has 1 amide bonds. The summed E-state index contributed by atoms with van der Waals surface area (Å²) >= 11 is 0. The summed E-state index contributed by atoms with van der Waals surface area (Å²) in [5, 5.41) is 6.92. The van der Waals surface area contributed by atoms with Gasteiger partial charge in [-0.05, 0) is 32.0 Å². The summed E-state index contributed by atoms with van der Waals surface area (Å²) in [6.45, 7) is 3.83. The minimum atomic E-state index is -0.0615. The van der Waals surface area contributed by atoms with Crippen molar-refractivity contribution in [2.45, 2.75) is 26.3 Å². The number of hydrogen-bond acceptors (Lipinski definition) is 4.